The zero-order chi connectivity index (χ0) is 11.3. The zero-order valence-corrected chi connectivity index (χ0v) is 9.17. The van der Waals surface area contributed by atoms with E-state index in [1.165, 1.54) is 0 Å². The van der Waals surface area contributed by atoms with Crippen LogP contribution < -0.4 is 16.0 Å². The van der Waals surface area contributed by atoms with Crippen LogP contribution in [0.5, 0.6) is 5.75 Å². The predicted octanol–water partition coefficient (Wildman–Crippen LogP) is 1.41. The summed E-state index contributed by atoms with van der Waals surface area (Å²) in [7, 11) is 0. The number of carbonyl (C=O) groups is 1. The maximum atomic E-state index is 10.8. The number of rotatable bonds is 4. The number of nitrogens with two attached hydrogens (primary N) is 1. The van der Waals surface area contributed by atoms with Crippen LogP contribution >= 0.6 is 11.6 Å². The fraction of sp³-hybridized carbons (Fsp3) is 0.300. The minimum Gasteiger partial charge on any atom is -0.491 e. The monoisotopic (exact) mass is 228 g/mol. The highest BCUT2D eigenvalue weighted by Gasteiger charge is 2.03. The fourth-order valence-corrected chi connectivity index (χ4v) is 1.34. The van der Waals surface area contributed by atoms with Crippen LogP contribution in [-0.2, 0) is 4.79 Å². The van der Waals surface area contributed by atoms with E-state index in [-0.39, 0.29) is 18.9 Å². The van der Waals surface area contributed by atoms with Crippen molar-refractivity contribution in [3.8, 4) is 5.75 Å². The van der Waals surface area contributed by atoms with Crippen molar-refractivity contribution >= 4 is 17.5 Å². The molecule has 0 aliphatic carbocycles. The summed E-state index contributed by atoms with van der Waals surface area (Å²) >= 11 is 5.93. The second-order valence-corrected chi connectivity index (χ2v) is 3.51. The number of hydrazine groups is 1. The normalized spacial score (nSPS) is 9.80. The topological polar surface area (TPSA) is 64.3 Å². The van der Waals surface area contributed by atoms with Gasteiger partial charge in [-0.25, -0.2) is 5.84 Å². The van der Waals surface area contributed by atoms with Crippen molar-refractivity contribution in [3.05, 3.63) is 28.8 Å². The van der Waals surface area contributed by atoms with Gasteiger partial charge in [0.2, 0.25) is 5.91 Å². The van der Waals surface area contributed by atoms with Gasteiger partial charge in [0.1, 0.15) is 5.75 Å². The molecule has 0 fully saturated rings. The predicted molar refractivity (Wildman–Crippen MR) is 58.6 cm³/mol. The van der Waals surface area contributed by atoms with Crippen molar-refractivity contribution in [1.29, 1.82) is 0 Å². The van der Waals surface area contributed by atoms with Crippen LogP contribution in [0.3, 0.4) is 0 Å². The molecule has 0 aliphatic heterocycles. The van der Waals surface area contributed by atoms with Gasteiger partial charge in [0.15, 0.2) is 0 Å². The molecule has 0 aromatic heterocycles. The van der Waals surface area contributed by atoms with Gasteiger partial charge in [-0.2, -0.15) is 0 Å². The lowest BCUT2D eigenvalue weighted by molar-refractivity contribution is -0.121. The quantitative estimate of drug-likeness (QED) is 0.465. The van der Waals surface area contributed by atoms with Crippen LogP contribution in [-0.4, -0.2) is 12.5 Å². The lowest BCUT2D eigenvalue weighted by Gasteiger charge is -2.07. The Bertz CT molecular complexity index is 355. The van der Waals surface area contributed by atoms with Crippen LogP contribution in [0.15, 0.2) is 18.2 Å². The van der Waals surface area contributed by atoms with Gasteiger partial charge in [-0.3, -0.25) is 10.2 Å². The molecular weight excluding hydrogens is 216 g/mol. The molecule has 3 N–H and O–H groups in total. The first-order chi connectivity index (χ1) is 7.13. The van der Waals surface area contributed by atoms with Gasteiger partial charge in [-0.05, 0) is 24.6 Å². The lowest BCUT2D eigenvalue weighted by atomic mass is 10.2. The third-order valence-corrected chi connectivity index (χ3v) is 2.13. The van der Waals surface area contributed by atoms with E-state index < -0.39 is 0 Å². The largest absolute Gasteiger partial charge is 0.491 e. The van der Waals surface area contributed by atoms with E-state index in [2.05, 4.69) is 0 Å². The molecule has 1 aromatic carbocycles. The van der Waals surface area contributed by atoms with Crippen LogP contribution in [0.25, 0.3) is 0 Å². The smallest absolute Gasteiger partial charge is 0.237 e. The lowest BCUT2D eigenvalue weighted by Crippen LogP contribution is -2.31. The van der Waals surface area contributed by atoms with Gasteiger partial charge < -0.3 is 4.74 Å². The number of carbonyl (C=O) groups excluding carboxylic acids is 1. The number of aryl methyl sites for hydroxylation is 1. The maximum absolute atomic E-state index is 10.8. The highest BCUT2D eigenvalue weighted by molar-refractivity contribution is 6.32. The van der Waals surface area contributed by atoms with Gasteiger partial charge in [0, 0.05) is 0 Å². The molecule has 15 heavy (non-hydrogen) atoms. The molecule has 1 aromatic rings. The van der Waals surface area contributed by atoms with Crippen LogP contribution in [0.1, 0.15) is 12.0 Å². The number of ether oxygens (including phenoxy) is 1. The molecule has 1 rings (SSSR count). The van der Waals surface area contributed by atoms with Crippen molar-refractivity contribution in [2.24, 2.45) is 5.84 Å². The Labute approximate surface area is 93.3 Å². The number of benzene rings is 1. The Kier molecular flexibility index (Phi) is 4.39. The summed E-state index contributed by atoms with van der Waals surface area (Å²) < 4.78 is 5.32. The average Bonchev–Trinajstić information content (AvgIpc) is 2.21. The van der Waals surface area contributed by atoms with E-state index in [1.54, 1.807) is 12.1 Å². The summed E-state index contributed by atoms with van der Waals surface area (Å²) in [5, 5.41) is 0.545. The minimum atomic E-state index is -0.266. The SMILES string of the molecule is Cc1ccc(OCCC(=O)NN)c(Cl)c1. The van der Waals surface area contributed by atoms with Crippen LogP contribution in [0, 0.1) is 6.92 Å². The van der Waals surface area contributed by atoms with Gasteiger partial charge in [0.05, 0.1) is 18.1 Å². The number of amides is 1. The van der Waals surface area contributed by atoms with Crippen LogP contribution in [0.2, 0.25) is 5.02 Å². The first kappa shape index (κ1) is 11.8. The summed E-state index contributed by atoms with van der Waals surface area (Å²) in [5.41, 5.74) is 3.09. The Morgan fingerprint density at radius 3 is 2.93 bits per heavy atom. The molecule has 0 radical (unpaired) electrons. The van der Waals surface area contributed by atoms with Gasteiger partial charge >= 0.3 is 0 Å². The standard InChI is InChI=1S/C10H13ClN2O2/c1-7-2-3-9(8(11)6-7)15-5-4-10(14)13-12/h2-3,6H,4-5,12H2,1H3,(H,13,14). The Balaban J connectivity index is 2.47. The molecule has 4 nitrogen and oxygen atoms in total. The van der Waals surface area contributed by atoms with E-state index in [9.17, 15) is 4.79 Å². The first-order valence-electron chi connectivity index (χ1n) is 4.52. The molecule has 5 heteroatoms. The molecule has 0 atom stereocenters. The van der Waals surface area contributed by atoms with Crippen molar-refractivity contribution in [2.45, 2.75) is 13.3 Å². The van der Waals surface area contributed by atoms with E-state index >= 15 is 0 Å². The summed E-state index contributed by atoms with van der Waals surface area (Å²) in [6.45, 7) is 2.20. The first-order valence-corrected chi connectivity index (χ1v) is 4.89. The molecule has 0 unspecified atom stereocenters. The molecule has 0 saturated heterocycles. The Morgan fingerprint density at radius 2 is 2.33 bits per heavy atom. The summed E-state index contributed by atoms with van der Waals surface area (Å²) in [4.78, 5) is 10.8. The molecule has 0 aliphatic rings. The van der Waals surface area contributed by atoms with E-state index in [0.717, 1.165) is 5.56 Å². The molecule has 1 amide bonds. The van der Waals surface area contributed by atoms with Gasteiger partial charge in [-0.1, -0.05) is 17.7 Å². The number of hydrogen-bond acceptors (Lipinski definition) is 3. The second-order valence-electron chi connectivity index (χ2n) is 3.10. The molecule has 0 spiro atoms. The summed E-state index contributed by atoms with van der Waals surface area (Å²) in [6, 6.07) is 5.47. The number of halogens is 1. The third kappa shape index (κ3) is 3.77. The molecule has 0 heterocycles. The number of nitrogens with one attached hydrogen (secondary N) is 1. The van der Waals surface area contributed by atoms with Gasteiger partial charge in [0.25, 0.3) is 0 Å². The van der Waals surface area contributed by atoms with Crippen molar-refractivity contribution in [1.82, 2.24) is 5.43 Å². The highest BCUT2D eigenvalue weighted by Crippen LogP contribution is 2.25. The van der Waals surface area contributed by atoms with E-state index in [1.807, 2.05) is 18.4 Å². The molecule has 82 valence electrons. The van der Waals surface area contributed by atoms with Crippen molar-refractivity contribution in [3.63, 3.8) is 0 Å². The fourth-order valence-electron chi connectivity index (χ4n) is 1.05. The molecule has 0 bridgehead atoms. The molecular formula is C10H13ClN2O2. The van der Waals surface area contributed by atoms with Crippen molar-refractivity contribution in [2.75, 3.05) is 6.61 Å². The summed E-state index contributed by atoms with van der Waals surface area (Å²) in [6.07, 6.45) is 0.209. The van der Waals surface area contributed by atoms with Crippen molar-refractivity contribution < 1.29 is 9.53 Å². The second kappa shape index (κ2) is 5.58. The molecule has 0 saturated carbocycles. The van der Waals surface area contributed by atoms with E-state index in [0.29, 0.717) is 10.8 Å². The Morgan fingerprint density at radius 1 is 1.60 bits per heavy atom. The highest BCUT2D eigenvalue weighted by atomic mass is 35.5. The van der Waals surface area contributed by atoms with E-state index in [4.69, 9.17) is 22.2 Å². The number of hydrogen-bond donors (Lipinski definition) is 2. The zero-order valence-electron chi connectivity index (χ0n) is 8.42. The third-order valence-electron chi connectivity index (χ3n) is 1.84. The Hall–Kier alpha value is -1.26. The van der Waals surface area contributed by atoms with Crippen LogP contribution in [0.4, 0.5) is 0 Å². The van der Waals surface area contributed by atoms with Gasteiger partial charge in [-0.15, -0.1) is 0 Å². The maximum Gasteiger partial charge on any atom is 0.237 e. The average molecular weight is 229 g/mol. The minimum absolute atomic E-state index is 0.209. The summed E-state index contributed by atoms with van der Waals surface area (Å²) in [5.74, 6) is 5.23.